The molecule has 2 nitrogen and oxygen atoms in total. The zero-order valence-electron chi connectivity index (χ0n) is 4.72. The molecular formula is C4H10LaO2. The van der Waals surface area contributed by atoms with E-state index in [-0.39, 0.29) is 35.6 Å². The summed E-state index contributed by atoms with van der Waals surface area (Å²) >= 11 is 0. The maximum atomic E-state index is 8.33. The predicted molar refractivity (Wildman–Crippen MR) is 23.3 cm³/mol. The molecule has 0 aromatic carbocycles. The van der Waals surface area contributed by atoms with Crippen molar-refractivity contribution in [2.75, 3.05) is 6.61 Å². The van der Waals surface area contributed by atoms with Gasteiger partial charge in [0, 0.05) is 42.2 Å². The Hall–Kier alpha value is 1.11. The molecule has 3 heteroatoms. The second-order valence-electron chi connectivity index (χ2n) is 1.05. The molecule has 0 aliphatic carbocycles. The Morgan fingerprint density at radius 2 is 2.14 bits per heavy atom. The van der Waals surface area contributed by atoms with E-state index in [9.17, 15) is 0 Å². The molecule has 0 aliphatic rings. The molecule has 0 aromatic rings. The van der Waals surface area contributed by atoms with Crippen molar-refractivity contribution in [1.29, 1.82) is 0 Å². The minimum Gasteiger partial charge on any atom is -0.368 e. The summed E-state index contributed by atoms with van der Waals surface area (Å²) in [6, 6.07) is 0. The van der Waals surface area contributed by atoms with Gasteiger partial charge in [-0.05, 0) is 13.8 Å². The van der Waals surface area contributed by atoms with E-state index in [0.29, 0.717) is 6.61 Å². The molecule has 41 valence electrons. The predicted octanol–water partition coefficient (Wildman–Crippen LogP) is 0.361. The summed E-state index contributed by atoms with van der Waals surface area (Å²) in [6.45, 7) is 4.01. The zero-order valence-corrected chi connectivity index (χ0v) is 8.34. The van der Waals surface area contributed by atoms with Gasteiger partial charge in [0.15, 0.2) is 6.29 Å². The SMILES string of the molecule is CCOC(C)O.[La]. The molecule has 1 N–H and O–H groups in total. The van der Waals surface area contributed by atoms with E-state index in [1.165, 1.54) is 0 Å². The van der Waals surface area contributed by atoms with Crippen molar-refractivity contribution in [3.63, 3.8) is 0 Å². The Bertz CT molecular complexity index is 30.9. The van der Waals surface area contributed by atoms with Crippen molar-refractivity contribution in [2.45, 2.75) is 20.1 Å². The fourth-order valence-electron chi connectivity index (χ4n) is 0.241. The van der Waals surface area contributed by atoms with Crippen molar-refractivity contribution in [3.05, 3.63) is 0 Å². The van der Waals surface area contributed by atoms with E-state index >= 15 is 0 Å². The summed E-state index contributed by atoms with van der Waals surface area (Å²) in [7, 11) is 0. The van der Waals surface area contributed by atoms with Crippen molar-refractivity contribution >= 4 is 0 Å². The van der Waals surface area contributed by atoms with Gasteiger partial charge < -0.3 is 9.84 Å². The quantitative estimate of drug-likeness (QED) is 0.693. The van der Waals surface area contributed by atoms with Crippen LogP contribution in [0.15, 0.2) is 0 Å². The number of aliphatic hydroxyl groups is 1. The van der Waals surface area contributed by atoms with Gasteiger partial charge in [-0.25, -0.2) is 0 Å². The molecule has 0 saturated carbocycles. The Morgan fingerprint density at radius 1 is 1.71 bits per heavy atom. The van der Waals surface area contributed by atoms with Crippen LogP contribution in [-0.4, -0.2) is 18.0 Å². The topological polar surface area (TPSA) is 29.5 Å². The third-order valence-electron chi connectivity index (χ3n) is 0.408. The second kappa shape index (κ2) is 7.11. The Kier molecular flexibility index (Phi) is 11.2. The van der Waals surface area contributed by atoms with Crippen molar-refractivity contribution in [2.24, 2.45) is 0 Å². The second-order valence-corrected chi connectivity index (χ2v) is 1.05. The number of hydrogen-bond acceptors (Lipinski definition) is 2. The van der Waals surface area contributed by atoms with E-state index in [1.807, 2.05) is 6.92 Å². The van der Waals surface area contributed by atoms with Gasteiger partial charge in [0.1, 0.15) is 0 Å². The molecule has 1 radical (unpaired) electrons. The number of rotatable bonds is 2. The average Bonchev–Trinajstić information content (AvgIpc) is 1.35. The van der Waals surface area contributed by atoms with E-state index in [4.69, 9.17) is 5.11 Å². The molecule has 1 atom stereocenters. The van der Waals surface area contributed by atoms with Crippen LogP contribution < -0.4 is 0 Å². The average molecular weight is 229 g/mol. The van der Waals surface area contributed by atoms with Crippen LogP contribution in [0.1, 0.15) is 13.8 Å². The van der Waals surface area contributed by atoms with E-state index in [0.717, 1.165) is 0 Å². The van der Waals surface area contributed by atoms with Crippen LogP contribution >= 0.6 is 0 Å². The first-order chi connectivity index (χ1) is 2.77. The van der Waals surface area contributed by atoms with Crippen molar-refractivity contribution in [1.82, 2.24) is 0 Å². The summed E-state index contributed by atoms with van der Waals surface area (Å²) in [5, 5.41) is 8.33. The first-order valence-electron chi connectivity index (χ1n) is 2.07. The fourth-order valence-corrected chi connectivity index (χ4v) is 0.241. The van der Waals surface area contributed by atoms with Gasteiger partial charge >= 0.3 is 0 Å². The third kappa shape index (κ3) is 11.0. The van der Waals surface area contributed by atoms with Crippen LogP contribution in [0.4, 0.5) is 0 Å². The normalized spacial score (nSPS) is 12.4. The first-order valence-corrected chi connectivity index (χ1v) is 2.07. The van der Waals surface area contributed by atoms with Gasteiger partial charge in [-0.1, -0.05) is 0 Å². The van der Waals surface area contributed by atoms with Gasteiger partial charge in [0.2, 0.25) is 0 Å². The smallest absolute Gasteiger partial charge is 0.151 e. The van der Waals surface area contributed by atoms with Gasteiger partial charge in [0.05, 0.1) is 0 Å². The largest absolute Gasteiger partial charge is 0.368 e. The zero-order chi connectivity index (χ0) is 4.99. The summed E-state index contributed by atoms with van der Waals surface area (Å²) < 4.78 is 4.60. The summed E-state index contributed by atoms with van der Waals surface area (Å²) in [6.07, 6.45) is -0.602. The van der Waals surface area contributed by atoms with Gasteiger partial charge in [-0.15, -0.1) is 0 Å². The molecule has 0 aromatic heterocycles. The fraction of sp³-hybridized carbons (Fsp3) is 1.00. The standard InChI is InChI=1S/C4H10O2.La/c1-3-6-4(2)5;/h4-5H,3H2,1-2H3;. The molecule has 0 spiro atoms. The molecule has 0 aliphatic heterocycles. The molecule has 7 heavy (non-hydrogen) atoms. The molecule has 0 amide bonds. The summed E-state index contributed by atoms with van der Waals surface area (Å²) in [4.78, 5) is 0. The van der Waals surface area contributed by atoms with Gasteiger partial charge in [0.25, 0.3) is 0 Å². The van der Waals surface area contributed by atoms with Crippen molar-refractivity contribution in [3.8, 4) is 0 Å². The maximum absolute atomic E-state index is 8.33. The van der Waals surface area contributed by atoms with Crippen LogP contribution in [0.5, 0.6) is 0 Å². The Labute approximate surface area is 71.8 Å². The minimum absolute atomic E-state index is 0. The third-order valence-corrected chi connectivity index (χ3v) is 0.408. The maximum Gasteiger partial charge on any atom is 0.151 e. The Balaban J connectivity index is 0. The van der Waals surface area contributed by atoms with Crippen LogP contribution in [0.3, 0.4) is 0 Å². The Morgan fingerprint density at radius 3 is 2.14 bits per heavy atom. The molecule has 0 bridgehead atoms. The van der Waals surface area contributed by atoms with E-state index in [2.05, 4.69) is 4.74 Å². The van der Waals surface area contributed by atoms with E-state index in [1.54, 1.807) is 6.92 Å². The first kappa shape index (κ1) is 11.0. The summed E-state index contributed by atoms with van der Waals surface area (Å²) in [5.74, 6) is 0. The van der Waals surface area contributed by atoms with Gasteiger partial charge in [-0.2, -0.15) is 0 Å². The molecule has 1 unspecified atom stereocenters. The monoisotopic (exact) mass is 229 g/mol. The molecular weight excluding hydrogens is 219 g/mol. The number of aliphatic hydroxyl groups excluding tert-OH is 1. The number of ether oxygens (including phenoxy) is 1. The van der Waals surface area contributed by atoms with Crippen LogP contribution in [0.25, 0.3) is 0 Å². The molecule has 0 heterocycles. The van der Waals surface area contributed by atoms with Crippen molar-refractivity contribution < 1.29 is 45.4 Å². The molecule has 0 fully saturated rings. The van der Waals surface area contributed by atoms with Gasteiger partial charge in [-0.3, -0.25) is 0 Å². The summed E-state index contributed by atoms with van der Waals surface area (Å²) in [5.41, 5.74) is 0. The van der Waals surface area contributed by atoms with E-state index < -0.39 is 6.29 Å². The van der Waals surface area contributed by atoms with Crippen LogP contribution in [0.2, 0.25) is 0 Å². The number of hydrogen-bond donors (Lipinski definition) is 1. The van der Waals surface area contributed by atoms with Crippen LogP contribution in [-0.2, 0) is 4.74 Å². The molecule has 0 rings (SSSR count). The minimum atomic E-state index is -0.602. The van der Waals surface area contributed by atoms with Crippen LogP contribution in [0, 0.1) is 35.6 Å². The molecule has 0 saturated heterocycles.